The Hall–Kier alpha value is -1.30. The molecule has 6 nitrogen and oxygen atoms in total. The second-order valence-electron chi connectivity index (χ2n) is 2.18. The van der Waals surface area contributed by atoms with E-state index in [1.165, 1.54) is 12.4 Å². The maximum Gasteiger partial charge on any atom is 0.302 e. The minimum Gasteiger partial charge on any atom is -0.463 e. The molecule has 0 aromatic heterocycles. The first-order chi connectivity index (χ1) is 5.40. The van der Waals surface area contributed by atoms with Crippen LogP contribution in [0.2, 0.25) is 0 Å². The van der Waals surface area contributed by atoms with Gasteiger partial charge in [-0.2, -0.15) is 0 Å². The number of hydroxylamine groups is 1. The quantitative estimate of drug-likeness (QED) is 0.192. The predicted molar refractivity (Wildman–Crippen MR) is 43.7 cm³/mol. The standard InChI is InChI=1S/C5H10O2.CH5N3O/c1-4(2)7-5(3)6;2-1(3)4-5/h4H,1-3H3;5H,(H4,2,3,4). The lowest BCUT2D eigenvalue weighted by Crippen LogP contribution is -2.26. The normalized spacial score (nSPS) is 8.08. The molecular weight excluding hydrogens is 162 g/mol. The highest BCUT2D eigenvalue weighted by Gasteiger charge is 1.93. The Labute approximate surface area is 71.2 Å². The molecule has 12 heavy (non-hydrogen) atoms. The molecule has 0 aromatic carbocycles. The zero-order chi connectivity index (χ0) is 10.1. The van der Waals surface area contributed by atoms with Gasteiger partial charge >= 0.3 is 5.97 Å². The molecule has 0 spiro atoms. The Morgan fingerprint density at radius 3 is 2.00 bits per heavy atom. The first-order valence-electron chi connectivity index (χ1n) is 3.31. The number of carbonyl (C=O) groups is 1. The number of hydrogen-bond donors (Lipinski definition) is 4. The lowest BCUT2D eigenvalue weighted by Gasteiger charge is -2.01. The Morgan fingerprint density at radius 2 is 2.00 bits per heavy atom. The van der Waals surface area contributed by atoms with Gasteiger partial charge in [-0.25, -0.2) is 5.48 Å². The van der Waals surface area contributed by atoms with E-state index in [9.17, 15) is 4.79 Å². The van der Waals surface area contributed by atoms with Crippen LogP contribution in [0.15, 0.2) is 0 Å². The number of carbonyl (C=O) groups excluding carboxylic acids is 1. The lowest BCUT2D eigenvalue weighted by atomic mass is 10.5. The van der Waals surface area contributed by atoms with Crippen LogP contribution in [0.1, 0.15) is 20.8 Å². The fourth-order valence-corrected chi connectivity index (χ4v) is 0.332. The van der Waals surface area contributed by atoms with Gasteiger partial charge in [-0.1, -0.05) is 0 Å². The van der Waals surface area contributed by atoms with Gasteiger partial charge in [0, 0.05) is 6.92 Å². The lowest BCUT2D eigenvalue weighted by molar-refractivity contribution is -0.144. The Bertz CT molecular complexity index is 147. The van der Waals surface area contributed by atoms with Crippen molar-refractivity contribution in [2.45, 2.75) is 26.9 Å². The summed E-state index contributed by atoms with van der Waals surface area (Å²) in [4.78, 5) is 10.0. The topological polar surface area (TPSA) is 108 Å². The maximum atomic E-state index is 10.0. The number of hydrogen-bond acceptors (Lipinski definition) is 4. The molecule has 5 N–H and O–H groups in total. The van der Waals surface area contributed by atoms with Crippen molar-refractivity contribution in [1.82, 2.24) is 5.48 Å². The molecule has 0 fully saturated rings. The first-order valence-corrected chi connectivity index (χ1v) is 3.31. The second-order valence-corrected chi connectivity index (χ2v) is 2.18. The third kappa shape index (κ3) is 23.4. The van der Waals surface area contributed by atoms with E-state index < -0.39 is 5.96 Å². The highest BCUT2D eigenvalue weighted by molar-refractivity contribution is 5.72. The molecule has 0 rings (SSSR count). The van der Waals surface area contributed by atoms with Crippen LogP contribution in [0, 0.1) is 5.41 Å². The summed E-state index contributed by atoms with van der Waals surface area (Å²) in [6.07, 6.45) is 0.0255. The molecule has 0 saturated heterocycles. The second kappa shape index (κ2) is 7.80. The van der Waals surface area contributed by atoms with E-state index in [-0.39, 0.29) is 12.1 Å². The summed E-state index contributed by atoms with van der Waals surface area (Å²) >= 11 is 0. The van der Waals surface area contributed by atoms with Crippen molar-refractivity contribution in [3.63, 3.8) is 0 Å². The molecule has 72 valence electrons. The molecule has 0 amide bonds. The predicted octanol–water partition coefficient (Wildman–Crippen LogP) is -0.183. The molecule has 0 aliphatic heterocycles. The molecule has 0 aliphatic rings. The van der Waals surface area contributed by atoms with E-state index in [1.807, 2.05) is 13.8 Å². The Balaban J connectivity index is 0. The summed E-state index contributed by atoms with van der Waals surface area (Å²) in [5.41, 5.74) is 5.90. The Morgan fingerprint density at radius 1 is 1.67 bits per heavy atom. The molecule has 0 aliphatic carbocycles. The molecule has 0 heterocycles. The van der Waals surface area contributed by atoms with Gasteiger partial charge in [0.15, 0.2) is 0 Å². The molecule has 0 radical (unpaired) electrons. The van der Waals surface area contributed by atoms with Crippen molar-refractivity contribution in [3.8, 4) is 0 Å². The highest BCUT2D eigenvalue weighted by atomic mass is 16.5. The van der Waals surface area contributed by atoms with Gasteiger partial charge in [0.2, 0.25) is 5.96 Å². The molecule has 6 heteroatoms. The maximum absolute atomic E-state index is 10.0. The summed E-state index contributed by atoms with van der Waals surface area (Å²) in [6, 6.07) is 0. The minimum atomic E-state index is -0.440. The van der Waals surface area contributed by atoms with E-state index in [2.05, 4.69) is 10.5 Å². The van der Waals surface area contributed by atoms with Gasteiger partial charge in [-0.15, -0.1) is 0 Å². The van der Waals surface area contributed by atoms with Crippen LogP contribution in [-0.4, -0.2) is 23.2 Å². The summed E-state index contributed by atoms with van der Waals surface area (Å²) in [5.74, 6) is -0.653. The fourth-order valence-electron chi connectivity index (χ4n) is 0.332. The fraction of sp³-hybridized carbons (Fsp3) is 0.667. The van der Waals surface area contributed by atoms with Crippen LogP contribution < -0.4 is 11.2 Å². The first kappa shape index (κ1) is 13.3. The number of nitrogens with two attached hydrogens (primary N) is 1. The van der Waals surface area contributed by atoms with Crippen molar-refractivity contribution < 1.29 is 14.7 Å². The van der Waals surface area contributed by atoms with Crippen molar-refractivity contribution >= 4 is 11.9 Å². The molecule has 0 bridgehead atoms. The molecule has 0 aromatic rings. The largest absolute Gasteiger partial charge is 0.463 e. The van der Waals surface area contributed by atoms with E-state index >= 15 is 0 Å². The van der Waals surface area contributed by atoms with E-state index in [0.29, 0.717) is 0 Å². The smallest absolute Gasteiger partial charge is 0.302 e. The average molecular weight is 177 g/mol. The van der Waals surface area contributed by atoms with E-state index in [1.54, 1.807) is 0 Å². The van der Waals surface area contributed by atoms with Crippen LogP contribution in [-0.2, 0) is 9.53 Å². The van der Waals surface area contributed by atoms with Crippen molar-refractivity contribution in [2.75, 3.05) is 0 Å². The van der Waals surface area contributed by atoms with E-state index in [4.69, 9.17) is 10.6 Å². The molecular formula is C6H15N3O3. The SMILES string of the molecule is CC(=O)OC(C)C.N=C(N)NO. The number of esters is 1. The molecule has 0 saturated carbocycles. The van der Waals surface area contributed by atoms with Crippen LogP contribution >= 0.6 is 0 Å². The van der Waals surface area contributed by atoms with Gasteiger partial charge in [0.1, 0.15) is 0 Å². The number of ether oxygens (including phenoxy) is 1. The van der Waals surface area contributed by atoms with E-state index in [0.717, 1.165) is 0 Å². The van der Waals surface area contributed by atoms with Gasteiger partial charge in [0.25, 0.3) is 0 Å². The zero-order valence-corrected chi connectivity index (χ0v) is 7.42. The van der Waals surface area contributed by atoms with Crippen LogP contribution in [0.3, 0.4) is 0 Å². The van der Waals surface area contributed by atoms with Crippen LogP contribution in [0.4, 0.5) is 0 Å². The summed E-state index contributed by atoms with van der Waals surface area (Å²) in [5, 5.41) is 13.7. The third-order valence-electron chi connectivity index (χ3n) is 0.522. The van der Waals surface area contributed by atoms with Crippen molar-refractivity contribution in [2.24, 2.45) is 5.73 Å². The monoisotopic (exact) mass is 177 g/mol. The van der Waals surface area contributed by atoms with Crippen LogP contribution in [0.25, 0.3) is 0 Å². The minimum absolute atomic E-state index is 0.0255. The summed E-state index contributed by atoms with van der Waals surface area (Å²) < 4.78 is 4.61. The van der Waals surface area contributed by atoms with Crippen molar-refractivity contribution in [3.05, 3.63) is 0 Å². The molecule has 0 atom stereocenters. The molecule has 0 unspecified atom stereocenters. The Kier molecular flexibility index (Phi) is 8.65. The van der Waals surface area contributed by atoms with Gasteiger partial charge in [-0.3, -0.25) is 15.4 Å². The zero-order valence-electron chi connectivity index (χ0n) is 7.42. The van der Waals surface area contributed by atoms with Crippen LogP contribution in [0.5, 0.6) is 0 Å². The van der Waals surface area contributed by atoms with Gasteiger partial charge in [-0.05, 0) is 13.8 Å². The van der Waals surface area contributed by atoms with Gasteiger partial charge in [0.05, 0.1) is 6.10 Å². The highest BCUT2D eigenvalue weighted by Crippen LogP contribution is 1.85. The van der Waals surface area contributed by atoms with Gasteiger partial charge < -0.3 is 10.5 Å². The number of nitrogens with one attached hydrogen (secondary N) is 2. The number of guanidine groups is 1. The summed E-state index contributed by atoms with van der Waals surface area (Å²) in [7, 11) is 0. The number of rotatable bonds is 1. The van der Waals surface area contributed by atoms with Crippen molar-refractivity contribution in [1.29, 1.82) is 5.41 Å². The third-order valence-corrected chi connectivity index (χ3v) is 0.522. The average Bonchev–Trinajstić information content (AvgIpc) is 1.85. The summed E-state index contributed by atoms with van der Waals surface area (Å²) in [6.45, 7) is 5.04.